The van der Waals surface area contributed by atoms with E-state index in [0.717, 1.165) is 45.4 Å². The van der Waals surface area contributed by atoms with Crippen LogP contribution in [0.3, 0.4) is 0 Å². The Hall–Kier alpha value is -1.10. The average molecular weight is 268 g/mol. The largest absolute Gasteiger partial charge is 0.481 e. The SMILES string of the molecule is CN1CCCN(C(=O)C2CCC(C(=O)O)CC2)CC1. The fourth-order valence-electron chi connectivity index (χ4n) is 3.11. The summed E-state index contributed by atoms with van der Waals surface area (Å²) in [4.78, 5) is 27.6. The number of carboxylic acid groups (broad SMARTS) is 1. The van der Waals surface area contributed by atoms with Gasteiger partial charge in [-0.15, -0.1) is 0 Å². The highest BCUT2D eigenvalue weighted by molar-refractivity contribution is 5.79. The van der Waals surface area contributed by atoms with Crippen molar-refractivity contribution in [2.24, 2.45) is 11.8 Å². The lowest BCUT2D eigenvalue weighted by Crippen LogP contribution is -2.40. The molecule has 0 aromatic rings. The van der Waals surface area contributed by atoms with Crippen LogP contribution >= 0.6 is 0 Å². The fourth-order valence-corrected chi connectivity index (χ4v) is 3.11. The number of amides is 1. The van der Waals surface area contributed by atoms with Crippen LogP contribution in [0.5, 0.6) is 0 Å². The maximum Gasteiger partial charge on any atom is 0.306 e. The summed E-state index contributed by atoms with van der Waals surface area (Å²) in [5.74, 6) is -0.639. The summed E-state index contributed by atoms with van der Waals surface area (Å²) in [7, 11) is 2.09. The molecule has 1 amide bonds. The van der Waals surface area contributed by atoms with Gasteiger partial charge < -0.3 is 14.9 Å². The summed E-state index contributed by atoms with van der Waals surface area (Å²) in [6.07, 6.45) is 3.82. The van der Waals surface area contributed by atoms with Crippen LogP contribution in [0.1, 0.15) is 32.1 Å². The van der Waals surface area contributed by atoms with E-state index in [4.69, 9.17) is 5.11 Å². The Kier molecular flexibility index (Phi) is 4.80. The zero-order valence-electron chi connectivity index (χ0n) is 11.7. The van der Waals surface area contributed by atoms with Gasteiger partial charge in [-0.3, -0.25) is 9.59 Å². The summed E-state index contributed by atoms with van der Waals surface area (Å²) in [6.45, 7) is 3.65. The Morgan fingerprint density at radius 2 is 1.58 bits per heavy atom. The van der Waals surface area contributed by atoms with E-state index in [0.29, 0.717) is 12.8 Å². The number of carboxylic acids is 1. The number of hydrogen-bond acceptors (Lipinski definition) is 3. The molecule has 2 rings (SSSR count). The standard InChI is InChI=1S/C14H24N2O3/c1-15-7-2-8-16(10-9-15)13(17)11-3-5-12(6-4-11)14(18)19/h11-12H,2-10H2,1H3,(H,18,19). The molecule has 0 atom stereocenters. The molecule has 108 valence electrons. The van der Waals surface area contributed by atoms with Crippen LogP contribution in [0.25, 0.3) is 0 Å². The summed E-state index contributed by atoms with van der Waals surface area (Å²) >= 11 is 0. The molecule has 1 aliphatic carbocycles. The molecular weight excluding hydrogens is 244 g/mol. The molecular formula is C14H24N2O3. The van der Waals surface area contributed by atoms with Gasteiger partial charge in [-0.25, -0.2) is 0 Å². The Labute approximate surface area is 114 Å². The highest BCUT2D eigenvalue weighted by atomic mass is 16.4. The molecule has 0 spiro atoms. The second kappa shape index (κ2) is 6.37. The molecule has 0 unspecified atom stereocenters. The van der Waals surface area contributed by atoms with E-state index < -0.39 is 5.97 Å². The monoisotopic (exact) mass is 268 g/mol. The predicted molar refractivity (Wildman–Crippen MR) is 71.8 cm³/mol. The van der Waals surface area contributed by atoms with Crippen molar-refractivity contribution >= 4 is 11.9 Å². The molecule has 5 nitrogen and oxygen atoms in total. The van der Waals surface area contributed by atoms with Gasteiger partial charge >= 0.3 is 5.97 Å². The van der Waals surface area contributed by atoms with Crippen molar-refractivity contribution in [3.63, 3.8) is 0 Å². The third-order valence-electron chi connectivity index (χ3n) is 4.46. The van der Waals surface area contributed by atoms with Crippen LogP contribution in [-0.4, -0.2) is 60.0 Å². The Morgan fingerprint density at radius 3 is 2.21 bits per heavy atom. The van der Waals surface area contributed by atoms with Crippen LogP contribution in [0.4, 0.5) is 0 Å². The maximum atomic E-state index is 12.4. The number of aliphatic carboxylic acids is 1. The van der Waals surface area contributed by atoms with Crippen molar-refractivity contribution in [2.45, 2.75) is 32.1 Å². The lowest BCUT2D eigenvalue weighted by molar-refractivity contribution is -0.145. The molecule has 0 radical (unpaired) electrons. The van der Waals surface area contributed by atoms with Gasteiger partial charge in [-0.1, -0.05) is 0 Å². The molecule has 1 saturated carbocycles. The Morgan fingerprint density at radius 1 is 0.947 bits per heavy atom. The van der Waals surface area contributed by atoms with Crippen molar-refractivity contribution in [2.75, 3.05) is 33.2 Å². The second-order valence-electron chi connectivity index (χ2n) is 5.87. The zero-order valence-corrected chi connectivity index (χ0v) is 11.7. The minimum atomic E-state index is -0.706. The van der Waals surface area contributed by atoms with Crippen LogP contribution in [0.2, 0.25) is 0 Å². The smallest absolute Gasteiger partial charge is 0.306 e. The third-order valence-corrected chi connectivity index (χ3v) is 4.46. The molecule has 1 N–H and O–H groups in total. The highest BCUT2D eigenvalue weighted by Crippen LogP contribution is 2.30. The molecule has 0 bridgehead atoms. The first-order chi connectivity index (χ1) is 9.08. The van der Waals surface area contributed by atoms with E-state index in [-0.39, 0.29) is 17.7 Å². The summed E-state index contributed by atoms with van der Waals surface area (Å²) in [5, 5.41) is 8.98. The van der Waals surface area contributed by atoms with Crippen molar-refractivity contribution < 1.29 is 14.7 Å². The van der Waals surface area contributed by atoms with E-state index in [1.807, 2.05) is 4.90 Å². The first-order valence-electron chi connectivity index (χ1n) is 7.28. The summed E-state index contributed by atoms with van der Waals surface area (Å²) < 4.78 is 0. The van der Waals surface area contributed by atoms with E-state index in [2.05, 4.69) is 11.9 Å². The number of hydrogen-bond donors (Lipinski definition) is 1. The molecule has 0 aromatic heterocycles. The number of likely N-dealkylation sites (N-methyl/N-ethyl adjacent to an activating group) is 1. The van der Waals surface area contributed by atoms with Crippen LogP contribution in [0.15, 0.2) is 0 Å². The van der Waals surface area contributed by atoms with Gasteiger partial charge in [0.25, 0.3) is 0 Å². The van der Waals surface area contributed by atoms with Gasteiger partial charge in [0.05, 0.1) is 5.92 Å². The number of carbonyl (C=O) groups excluding carboxylic acids is 1. The van der Waals surface area contributed by atoms with E-state index >= 15 is 0 Å². The maximum absolute atomic E-state index is 12.4. The van der Waals surface area contributed by atoms with Crippen LogP contribution < -0.4 is 0 Å². The van der Waals surface area contributed by atoms with Gasteiger partial charge in [0, 0.05) is 25.6 Å². The van der Waals surface area contributed by atoms with E-state index in [1.54, 1.807) is 0 Å². The number of carbonyl (C=O) groups is 2. The molecule has 1 aliphatic heterocycles. The highest BCUT2D eigenvalue weighted by Gasteiger charge is 2.32. The van der Waals surface area contributed by atoms with Crippen LogP contribution in [-0.2, 0) is 9.59 Å². The minimum absolute atomic E-state index is 0.0546. The lowest BCUT2D eigenvalue weighted by Gasteiger charge is -2.30. The van der Waals surface area contributed by atoms with Gasteiger partial charge in [0.2, 0.25) is 5.91 Å². The molecule has 0 aromatic carbocycles. The Balaban J connectivity index is 1.85. The van der Waals surface area contributed by atoms with Crippen molar-refractivity contribution in [3.05, 3.63) is 0 Å². The van der Waals surface area contributed by atoms with Gasteiger partial charge in [-0.05, 0) is 45.7 Å². The van der Waals surface area contributed by atoms with Gasteiger partial charge in [0.15, 0.2) is 0 Å². The third kappa shape index (κ3) is 3.69. The van der Waals surface area contributed by atoms with E-state index in [9.17, 15) is 9.59 Å². The minimum Gasteiger partial charge on any atom is -0.481 e. The fraction of sp³-hybridized carbons (Fsp3) is 0.857. The van der Waals surface area contributed by atoms with Gasteiger partial charge in [0.1, 0.15) is 0 Å². The van der Waals surface area contributed by atoms with E-state index in [1.165, 1.54) is 0 Å². The quantitative estimate of drug-likeness (QED) is 0.813. The summed E-state index contributed by atoms with van der Waals surface area (Å²) in [6, 6.07) is 0. The lowest BCUT2D eigenvalue weighted by atomic mass is 9.81. The normalized spacial score (nSPS) is 29.8. The second-order valence-corrected chi connectivity index (χ2v) is 5.87. The molecule has 2 fully saturated rings. The van der Waals surface area contributed by atoms with Crippen molar-refractivity contribution in [1.29, 1.82) is 0 Å². The molecule has 1 saturated heterocycles. The molecule has 2 aliphatic rings. The molecule has 5 heteroatoms. The van der Waals surface area contributed by atoms with Gasteiger partial charge in [-0.2, -0.15) is 0 Å². The Bertz CT molecular complexity index is 338. The first kappa shape index (κ1) is 14.3. The summed E-state index contributed by atoms with van der Waals surface area (Å²) in [5.41, 5.74) is 0. The average Bonchev–Trinajstić information content (AvgIpc) is 2.63. The number of rotatable bonds is 2. The van der Waals surface area contributed by atoms with Crippen molar-refractivity contribution in [1.82, 2.24) is 9.80 Å². The van der Waals surface area contributed by atoms with Crippen LogP contribution in [0, 0.1) is 11.8 Å². The number of nitrogens with zero attached hydrogens (tertiary/aromatic N) is 2. The first-order valence-corrected chi connectivity index (χ1v) is 7.28. The van der Waals surface area contributed by atoms with Crippen molar-refractivity contribution in [3.8, 4) is 0 Å². The molecule has 19 heavy (non-hydrogen) atoms. The zero-order chi connectivity index (χ0) is 13.8. The molecule has 1 heterocycles. The predicted octanol–water partition coefficient (Wildman–Crippen LogP) is 1.04. The topological polar surface area (TPSA) is 60.9 Å².